The lowest BCUT2D eigenvalue weighted by atomic mass is 10.2. The van der Waals surface area contributed by atoms with Crippen molar-refractivity contribution in [3.8, 4) is 0 Å². The van der Waals surface area contributed by atoms with Crippen molar-refractivity contribution >= 4 is 46.5 Å². The van der Waals surface area contributed by atoms with Crippen molar-refractivity contribution < 1.29 is 0 Å². The molecule has 0 saturated heterocycles. The topological polar surface area (TPSA) is 128 Å². The summed E-state index contributed by atoms with van der Waals surface area (Å²) in [6.45, 7) is 4.54. The van der Waals surface area contributed by atoms with E-state index in [2.05, 4.69) is 70.4 Å². The first-order valence-electron chi connectivity index (χ1n) is 10.3. The predicted molar refractivity (Wildman–Crippen MR) is 132 cm³/mol. The minimum atomic E-state index is 0.329. The van der Waals surface area contributed by atoms with E-state index in [4.69, 9.17) is 5.73 Å². The number of hydrogen-bond donors (Lipinski definition) is 4. The molecule has 0 unspecified atom stereocenters. The molecule has 0 bridgehead atoms. The second kappa shape index (κ2) is 10.0. The molecule has 170 valence electrons. The summed E-state index contributed by atoms with van der Waals surface area (Å²) in [5.74, 6) is 2.31. The molecule has 4 heterocycles. The number of rotatable bonds is 11. The van der Waals surface area contributed by atoms with Gasteiger partial charge in [0.1, 0.15) is 0 Å². The summed E-state index contributed by atoms with van der Waals surface area (Å²) in [5.41, 5.74) is 8.26. The van der Waals surface area contributed by atoms with E-state index in [9.17, 15) is 0 Å². The smallest absolute Gasteiger partial charge is 0.246 e. The van der Waals surface area contributed by atoms with E-state index >= 15 is 0 Å². The van der Waals surface area contributed by atoms with Crippen molar-refractivity contribution in [3.05, 3.63) is 43.8 Å². The van der Waals surface area contributed by atoms with Crippen LogP contribution in [-0.2, 0) is 19.4 Å². The van der Waals surface area contributed by atoms with Gasteiger partial charge < -0.3 is 20.9 Å². The molecule has 10 nitrogen and oxygen atoms in total. The second-order valence-corrected chi connectivity index (χ2v) is 9.74. The Hall–Kier alpha value is -3.12. The van der Waals surface area contributed by atoms with Crippen LogP contribution >= 0.6 is 22.7 Å². The number of nitrogen functional groups attached to an aromatic ring is 1. The molecule has 0 spiro atoms. The first-order valence-corrected chi connectivity index (χ1v) is 12.1. The quantitative estimate of drug-likeness (QED) is 0.262. The minimum absolute atomic E-state index is 0.329. The number of nitrogens with zero attached hydrogens (tertiary/aromatic N) is 6. The van der Waals surface area contributed by atoms with Crippen LogP contribution < -0.4 is 20.9 Å². The van der Waals surface area contributed by atoms with E-state index in [1.807, 2.05) is 19.0 Å². The fourth-order valence-corrected chi connectivity index (χ4v) is 4.84. The Morgan fingerprint density at radius 2 is 1.78 bits per heavy atom. The van der Waals surface area contributed by atoms with Crippen LogP contribution in [0.15, 0.2) is 22.9 Å². The third-order valence-electron chi connectivity index (χ3n) is 5.20. The van der Waals surface area contributed by atoms with E-state index in [1.54, 1.807) is 22.7 Å². The van der Waals surface area contributed by atoms with Crippen LogP contribution in [-0.4, -0.2) is 57.5 Å². The molecule has 0 saturated carbocycles. The first-order chi connectivity index (χ1) is 15.5. The standard InChI is InChI=1S/C20H28N10S2/c1-13-15(6-9-31-13)5-8-30(3)20-24-18(26-28-20)22-11-16-10-14(12-32-16)4-7-29(2)19-23-17(21)25-27-19/h6,9-10,12H,4-5,7-8,11H2,1-3H3,(H3,21,23,25,27)(H2,22,24,26,28). The summed E-state index contributed by atoms with van der Waals surface area (Å²) >= 11 is 3.52. The highest BCUT2D eigenvalue weighted by molar-refractivity contribution is 7.10. The molecule has 12 heteroatoms. The van der Waals surface area contributed by atoms with E-state index in [1.165, 1.54) is 20.9 Å². The lowest BCUT2D eigenvalue weighted by Crippen LogP contribution is -2.21. The number of likely N-dealkylation sites (N-methyl/N-ethyl adjacent to an activating group) is 2. The molecule has 0 aliphatic heterocycles. The average molecular weight is 473 g/mol. The van der Waals surface area contributed by atoms with Gasteiger partial charge in [-0.05, 0) is 53.8 Å². The van der Waals surface area contributed by atoms with Crippen molar-refractivity contribution in [3.63, 3.8) is 0 Å². The largest absolute Gasteiger partial charge is 0.368 e. The van der Waals surface area contributed by atoms with Gasteiger partial charge in [-0.3, -0.25) is 0 Å². The first kappa shape index (κ1) is 22.1. The van der Waals surface area contributed by atoms with Gasteiger partial charge in [0.05, 0.1) is 6.54 Å². The zero-order valence-electron chi connectivity index (χ0n) is 18.4. The molecule has 5 N–H and O–H groups in total. The Balaban J connectivity index is 1.22. The van der Waals surface area contributed by atoms with Crippen LogP contribution in [0.1, 0.15) is 20.9 Å². The molecule has 4 aromatic rings. The molecule has 0 aliphatic rings. The van der Waals surface area contributed by atoms with Crippen molar-refractivity contribution in [2.75, 3.05) is 48.0 Å². The highest BCUT2D eigenvalue weighted by atomic mass is 32.1. The number of aromatic amines is 2. The second-order valence-electron chi connectivity index (χ2n) is 7.62. The van der Waals surface area contributed by atoms with Crippen LogP contribution in [0.25, 0.3) is 0 Å². The Kier molecular flexibility index (Phi) is 6.90. The van der Waals surface area contributed by atoms with Crippen molar-refractivity contribution in [1.29, 1.82) is 0 Å². The number of aromatic nitrogens is 6. The molecule has 0 amide bonds. The number of hydrogen-bond acceptors (Lipinski definition) is 10. The maximum atomic E-state index is 5.59. The lowest BCUT2D eigenvalue weighted by Gasteiger charge is -2.14. The van der Waals surface area contributed by atoms with Gasteiger partial charge >= 0.3 is 0 Å². The number of H-pyrrole nitrogens is 2. The van der Waals surface area contributed by atoms with Gasteiger partial charge in [-0.2, -0.15) is 9.97 Å². The average Bonchev–Trinajstić information content (AvgIpc) is 3.57. The molecule has 0 aliphatic carbocycles. The molecule has 32 heavy (non-hydrogen) atoms. The van der Waals surface area contributed by atoms with Crippen LogP contribution in [0.3, 0.4) is 0 Å². The van der Waals surface area contributed by atoms with Crippen molar-refractivity contribution in [1.82, 2.24) is 30.4 Å². The molecule has 0 radical (unpaired) electrons. The van der Waals surface area contributed by atoms with Gasteiger partial charge in [0.25, 0.3) is 0 Å². The zero-order valence-corrected chi connectivity index (χ0v) is 20.1. The number of thiophene rings is 2. The molecular weight excluding hydrogens is 444 g/mol. The van der Waals surface area contributed by atoms with Crippen LogP contribution in [0.2, 0.25) is 0 Å². The Bertz CT molecular complexity index is 1130. The summed E-state index contributed by atoms with van der Waals surface area (Å²) in [6, 6.07) is 4.40. The summed E-state index contributed by atoms with van der Waals surface area (Å²) in [5, 5.41) is 21.7. The molecule has 0 atom stereocenters. The van der Waals surface area contributed by atoms with Gasteiger partial charge in [-0.1, -0.05) is 0 Å². The molecule has 4 aromatic heterocycles. The highest BCUT2D eigenvalue weighted by Crippen LogP contribution is 2.19. The predicted octanol–water partition coefficient (Wildman–Crippen LogP) is 2.91. The van der Waals surface area contributed by atoms with Crippen LogP contribution in [0.5, 0.6) is 0 Å². The summed E-state index contributed by atoms with van der Waals surface area (Å²) in [6.07, 6.45) is 1.89. The molecule has 0 fully saturated rings. The number of anilines is 4. The zero-order chi connectivity index (χ0) is 22.5. The normalized spacial score (nSPS) is 11.1. The molecular formula is C20H28N10S2. The SMILES string of the molecule is Cc1sccc1CCN(C)c1n[nH]c(NCc2cc(CCN(C)c3n[nH]c(N)n3)cs2)n1. The Morgan fingerprint density at radius 3 is 2.50 bits per heavy atom. The van der Waals surface area contributed by atoms with Crippen molar-refractivity contribution in [2.45, 2.75) is 26.3 Å². The van der Waals surface area contributed by atoms with Gasteiger partial charge in [0, 0.05) is 36.9 Å². The molecule has 4 rings (SSSR count). The number of nitrogens with two attached hydrogens (primary N) is 1. The van der Waals surface area contributed by atoms with Gasteiger partial charge in [0.2, 0.25) is 23.8 Å². The van der Waals surface area contributed by atoms with Gasteiger partial charge in [-0.15, -0.1) is 32.9 Å². The van der Waals surface area contributed by atoms with Crippen LogP contribution in [0, 0.1) is 6.92 Å². The fourth-order valence-electron chi connectivity index (χ4n) is 3.21. The maximum absolute atomic E-state index is 5.59. The molecule has 0 aromatic carbocycles. The monoisotopic (exact) mass is 472 g/mol. The summed E-state index contributed by atoms with van der Waals surface area (Å²) in [4.78, 5) is 15.4. The third kappa shape index (κ3) is 5.56. The Morgan fingerprint density at radius 1 is 1.03 bits per heavy atom. The maximum Gasteiger partial charge on any atom is 0.246 e. The van der Waals surface area contributed by atoms with Crippen molar-refractivity contribution in [2.24, 2.45) is 0 Å². The van der Waals surface area contributed by atoms with Gasteiger partial charge in [0.15, 0.2) is 0 Å². The highest BCUT2D eigenvalue weighted by Gasteiger charge is 2.11. The summed E-state index contributed by atoms with van der Waals surface area (Å²) in [7, 11) is 3.97. The van der Waals surface area contributed by atoms with Crippen LogP contribution in [0.4, 0.5) is 23.8 Å². The van der Waals surface area contributed by atoms with E-state index < -0.39 is 0 Å². The van der Waals surface area contributed by atoms with E-state index in [0.717, 1.165) is 25.9 Å². The fraction of sp³-hybridized carbons (Fsp3) is 0.400. The van der Waals surface area contributed by atoms with E-state index in [0.29, 0.717) is 30.3 Å². The lowest BCUT2D eigenvalue weighted by molar-refractivity contribution is 0.840. The minimum Gasteiger partial charge on any atom is -0.368 e. The summed E-state index contributed by atoms with van der Waals surface area (Å²) < 4.78 is 0. The third-order valence-corrected chi connectivity index (χ3v) is 7.08. The Labute approximate surface area is 194 Å². The van der Waals surface area contributed by atoms with Gasteiger partial charge in [-0.25, -0.2) is 10.2 Å². The van der Waals surface area contributed by atoms with E-state index in [-0.39, 0.29) is 0 Å². The number of nitrogens with one attached hydrogen (secondary N) is 3. The number of aryl methyl sites for hydroxylation is 1.